The SMILES string of the molecule is Cc1ccc(C)c(C(=O)Nc2sc3c(c2C#N)CC(C)(C)NC3(C)C)c1. The van der Waals surface area contributed by atoms with Gasteiger partial charge in [0, 0.05) is 21.5 Å². The van der Waals surface area contributed by atoms with Gasteiger partial charge >= 0.3 is 0 Å². The van der Waals surface area contributed by atoms with Crippen LogP contribution in [0.4, 0.5) is 5.00 Å². The van der Waals surface area contributed by atoms with Crippen LogP contribution in [0.25, 0.3) is 0 Å². The van der Waals surface area contributed by atoms with Gasteiger partial charge in [0.05, 0.1) is 5.56 Å². The lowest BCUT2D eigenvalue weighted by Crippen LogP contribution is -2.54. The van der Waals surface area contributed by atoms with E-state index in [9.17, 15) is 10.1 Å². The Balaban J connectivity index is 2.03. The monoisotopic (exact) mass is 367 g/mol. The summed E-state index contributed by atoms with van der Waals surface area (Å²) in [6, 6.07) is 8.16. The summed E-state index contributed by atoms with van der Waals surface area (Å²) in [6.07, 6.45) is 0.768. The highest BCUT2D eigenvalue weighted by atomic mass is 32.1. The fraction of sp³-hybridized carbons (Fsp3) is 0.429. The van der Waals surface area contributed by atoms with Crippen molar-refractivity contribution in [1.29, 1.82) is 5.26 Å². The number of nitriles is 1. The first-order valence-electron chi connectivity index (χ1n) is 8.78. The molecule has 0 aliphatic carbocycles. The van der Waals surface area contributed by atoms with Gasteiger partial charge in [0.25, 0.3) is 5.91 Å². The Morgan fingerprint density at radius 1 is 1.27 bits per heavy atom. The molecule has 3 rings (SSSR count). The molecule has 1 aromatic heterocycles. The largest absolute Gasteiger partial charge is 0.312 e. The van der Waals surface area contributed by atoms with Crippen molar-refractivity contribution in [3.63, 3.8) is 0 Å². The van der Waals surface area contributed by atoms with Gasteiger partial charge in [0.15, 0.2) is 0 Å². The smallest absolute Gasteiger partial charge is 0.256 e. The fourth-order valence-electron chi connectivity index (χ4n) is 3.88. The molecule has 5 heteroatoms. The van der Waals surface area contributed by atoms with E-state index in [2.05, 4.69) is 44.4 Å². The van der Waals surface area contributed by atoms with E-state index in [4.69, 9.17) is 0 Å². The second-order valence-electron chi connectivity index (χ2n) is 8.31. The summed E-state index contributed by atoms with van der Waals surface area (Å²) in [5.41, 5.74) is 3.94. The molecule has 1 aliphatic rings. The number of benzene rings is 1. The van der Waals surface area contributed by atoms with Crippen molar-refractivity contribution >= 4 is 22.2 Å². The number of rotatable bonds is 2. The zero-order valence-electron chi connectivity index (χ0n) is 16.2. The third kappa shape index (κ3) is 3.27. The van der Waals surface area contributed by atoms with Gasteiger partial charge in [-0.2, -0.15) is 5.26 Å². The lowest BCUT2D eigenvalue weighted by molar-refractivity contribution is 0.102. The predicted molar refractivity (Wildman–Crippen MR) is 107 cm³/mol. The lowest BCUT2D eigenvalue weighted by Gasteiger charge is -2.42. The first-order valence-corrected chi connectivity index (χ1v) is 9.60. The van der Waals surface area contributed by atoms with Gasteiger partial charge in [0.1, 0.15) is 11.1 Å². The highest BCUT2D eigenvalue weighted by Gasteiger charge is 2.40. The van der Waals surface area contributed by atoms with Crippen molar-refractivity contribution in [2.45, 2.75) is 59.0 Å². The van der Waals surface area contributed by atoms with Gasteiger partial charge in [0.2, 0.25) is 0 Å². The Morgan fingerprint density at radius 2 is 1.96 bits per heavy atom. The van der Waals surface area contributed by atoms with E-state index < -0.39 is 0 Å². The summed E-state index contributed by atoms with van der Waals surface area (Å²) in [5, 5.41) is 17.1. The van der Waals surface area contributed by atoms with Gasteiger partial charge in [-0.15, -0.1) is 11.3 Å². The van der Waals surface area contributed by atoms with Gasteiger partial charge in [-0.3, -0.25) is 4.79 Å². The number of anilines is 1. The normalized spacial score (nSPS) is 17.3. The molecule has 2 N–H and O–H groups in total. The number of aryl methyl sites for hydroxylation is 2. The highest BCUT2D eigenvalue weighted by Crippen LogP contribution is 2.44. The second kappa shape index (κ2) is 6.22. The van der Waals surface area contributed by atoms with Crippen LogP contribution in [0.15, 0.2) is 18.2 Å². The summed E-state index contributed by atoms with van der Waals surface area (Å²) in [4.78, 5) is 14.0. The third-order valence-electron chi connectivity index (χ3n) is 4.82. The van der Waals surface area contributed by atoms with E-state index in [1.54, 1.807) is 0 Å². The molecule has 0 atom stereocenters. The molecule has 136 valence electrons. The Morgan fingerprint density at radius 3 is 2.62 bits per heavy atom. The average Bonchev–Trinajstić information content (AvgIpc) is 2.85. The molecule has 0 fully saturated rings. The van der Waals surface area contributed by atoms with Crippen LogP contribution in [0.3, 0.4) is 0 Å². The molecule has 4 nitrogen and oxygen atoms in total. The second-order valence-corrected chi connectivity index (χ2v) is 9.33. The standard InChI is InChI=1S/C21H25N3OS/c1-12-7-8-13(2)14(9-12)18(25)23-19-16(11-22)15-10-20(3,4)24-21(5,6)17(15)26-19/h7-9,24H,10H2,1-6H3,(H,23,25). The minimum Gasteiger partial charge on any atom is -0.312 e. The fourth-order valence-corrected chi connectivity index (χ4v) is 5.11. The first-order chi connectivity index (χ1) is 12.0. The minimum atomic E-state index is -0.240. The van der Waals surface area contributed by atoms with Crippen molar-refractivity contribution < 1.29 is 4.79 Å². The van der Waals surface area contributed by atoms with Crippen LogP contribution in [0.1, 0.15) is 65.2 Å². The van der Waals surface area contributed by atoms with Crippen molar-refractivity contribution in [2.24, 2.45) is 0 Å². The van der Waals surface area contributed by atoms with Gasteiger partial charge < -0.3 is 10.6 Å². The Kier molecular flexibility index (Phi) is 4.46. The van der Waals surface area contributed by atoms with Crippen LogP contribution in [0.5, 0.6) is 0 Å². The highest BCUT2D eigenvalue weighted by molar-refractivity contribution is 7.17. The number of carbonyl (C=O) groups is 1. The number of nitrogens with one attached hydrogen (secondary N) is 2. The zero-order valence-corrected chi connectivity index (χ0v) is 17.0. The molecule has 0 unspecified atom stereocenters. The molecule has 0 radical (unpaired) electrons. The van der Waals surface area contributed by atoms with E-state index in [-0.39, 0.29) is 17.0 Å². The van der Waals surface area contributed by atoms with Crippen LogP contribution in [0, 0.1) is 25.2 Å². The molecular formula is C21H25N3OS. The number of fused-ring (bicyclic) bond motifs is 1. The van der Waals surface area contributed by atoms with Crippen LogP contribution < -0.4 is 10.6 Å². The lowest BCUT2D eigenvalue weighted by atomic mass is 9.81. The van der Waals surface area contributed by atoms with Crippen molar-refractivity contribution in [3.8, 4) is 6.07 Å². The Bertz CT molecular complexity index is 931. The van der Waals surface area contributed by atoms with Crippen LogP contribution in [0.2, 0.25) is 0 Å². The summed E-state index contributed by atoms with van der Waals surface area (Å²) in [6.45, 7) is 12.4. The van der Waals surface area contributed by atoms with E-state index in [1.807, 2.05) is 32.0 Å². The molecular weight excluding hydrogens is 342 g/mol. The number of thiophene rings is 1. The number of carbonyl (C=O) groups excluding carboxylic acids is 1. The van der Waals surface area contributed by atoms with Crippen molar-refractivity contribution in [3.05, 3.63) is 50.9 Å². The molecule has 2 aromatic rings. The molecule has 26 heavy (non-hydrogen) atoms. The van der Waals surface area contributed by atoms with Crippen LogP contribution in [-0.2, 0) is 12.0 Å². The summed E-state index contributed by atoms with van der Waals surface area (Å²) in [5.74, 6) is -0.161. The quantitative estimate of drug-likeness (QED) is 0.812. The zero-order chi connectivity index (χ0) is 19.3. The predicted octanol–water partition coefficient (Wildman–Crippen LogP) is 4.65. The average molecular weight is 368 g/mol. The Hall–Kier alpha value is -2.16. The maximum atomic E-state index is 12.8. The maximum absolute atomic E-state index is 12.8. The van der Waals surface area contributed by atoms with E-state index in [0.717, 1.165) is 28.0 Å². The van der Waals surface area contributed by atoms with E-state index in [1.165, 1.54) is 11.3 Å². The van der Waals surface area contributed by atoms with Gasteiger partial charge in [-0.25, -0.2) is 0 Å². The van der Waals surface area contributed by atoms with Crippen LogP contribution >= 0.6 is 11.3 Å². The minimum absolute atomic E-state index is 0.0996. The van der Waals surface area contributed by atoms with Crippen molar-refractivity contribution in [2.75, 3.05) is 5.32 Å². The summed E-state index contributed by atoms with van der Waals surface area (Å²) < 4.78 is 0. The summed E-state index contributed by atoms with van der Waals surface area (Å²) >= 11 is 1.51. The third-order valence-corrected chi connectivity index (χ3v) is 6.29. The molecule has 1 aliphatic heterocycles. The number of hydrogen-bond donors (Lipinski definition) is 2. The summed E-state index contributed by atoms with van der Waals surface area (Å²) in [7, 11) is 0. The maximum Gasteiger partial charge on any atom is 0.256 e. The molecule has 2 heterocycles. The van der Waals surface area contributed by atoms with Crippen LogP contribution in [-0.4, -0.2) is 11.4 Å². The number of amides is 1. The van der Waals surface area contributed by atoms with Crippen molar-refractivity contribution in [1.82, 2.24) is 5.32 Å². The first kappa shape index (κ1) is 18.6. The molecule has 0 saturated carbocycles. The molecule has 1 aromatic carbocycles. The van der Waals surface area contributed by atoms with Gasteiger partial charge in [-0.05, 0) is 65.2 Å². The molecule has 0 bridgehead atoms. The van der Waals surface area contributed by atoms with Gasteiger partial charge in [-0.1, -0.05) is 17.7 Å². The van der Waals surface area contributed by atoms with E-state index >= 15 is 0 Å². The topological polar surface area (TPSA) is 64.9 Å². The molecule has 1 amide bonds. The number of hydrogen-bond acceptors (Lipinski definition) is 4. The molecule has 0 spiro atoms. The Labute approximate surface area is 159 Å². The van der Waals surface area contributed by atoms with E-state index in [0.29, 0.717) is 16.1 Å². The molecule has 0 saturated heterocycles. The number of nitrogens with zero attached hydrogens (tertiary/aromatic N) is 1.